The van der Waals surface area contributed by atoms with Gasteiger partial charge in [-0.25, -0.2) is 8.78 Å². The number of amides is 2. The number of nitrogens with zero attached hydrogens (tertiary/aromatic N) is 1. The monoisotopic (exact) mass is 593 g/mol. The quantitative estimate of drug-likeness (QED) is 0.176. The SMILES string of the molecule is CCCCCCN(C)C(=O)c1cc(C)cc(C(N)=O)c1[C@H](Cc1cc(F)cc(F)c1)[C@@H](O)CNCc1cccc(CC)c1. The highest BCUT2D eigenvalue weighted by Crippen LogP contribution is 2.33. The molecule has 0 aliphatic rings. The van der Waals surface area contributed by atoms with Crippen molar-refractivity contribution in [1.29, 1.82) is 0 Å². The normalized spacial score (nSPS) is 12.6. The van der Waals surface area contributed by atoms with Crippen molar-refractivity contribution in [1.82, 2.24) is 10.2 Å². The van der Waals surface area contributed by atoms with E-state index in [4.69, 9.17) is 5.73 Å². The van der Waals surface area contributed by atoms with Gasteiger partial charge in [0.25, 0.3) is 5.91 Å². The molecule has 3 aromatic rings. The van der Waals surface area contributed by atoms with Crippen LogP contribution in [0.25, 0.3) is 0 Å². The van der Waals surface area contributed by atoms with Crippen LogP contribution in [0.3, 0.4) is 0 Å². The Balaban J connectivity index is 2.03. The predicted octanol–water partition coefficient (Wildman–Crippen LogP) is 6.06. The van der Waals surface area contributed by atoms with Crippen LogP contribution in [0.4, 0.5) is 8.78 Å². The van der Waals surface area contributed by atoms with Crippen molar-refractivity contribution in [2.75, 3.05) is 20.1 Å². The van der Waals surface area contributed by atoms with Crippen molar-refractivity contribution < 1.29 is 23.5 Å². The van der Waals surface area contributed by atoms with Gasteiger partial charge in [0, 0.05) is 49.8 Å². The van der Waals surface area contributed by atoms with Gasteiger partial charge in [-0.05, 0) is 78.3 Å². The van der Waals surface area contributed by atoms with E-state index in [0.29, 0.717) is 24.2 Å². The lowest BCUT2D eigenvalue weighted by Crippen LogP contribution is -2.36. The van der Waals surface area contributed by atoms with Gasteiger partial charge in [-0.2, -0.15) is 0 Å². The Kier molecular flexibility index (Phi) is 12.8. The fourth-order valence-electron chi connectivity index (χ4n) is 5.54. The number of aliphatic hydroxyl groups excluding tert-OH is 1. The number of unbranched alkanes of at least 4 members (excludes halogenated alkanes) is 3. The van der Waals surface area contributed by atoms with Crippen molar-refractivity contribution in [3.05, 3.63) is 105 Å². The zero-order chi connectivity index (χ0) is 31.5. The van der Waals surface area contributed by atoms with Crippen molar-refractivity contribution >= 4 is 11.8 Å². The summed E-state index contributed by atoms with van der Waals surface area (Å²) in [4.78, 5) is 28.3. The van der Waals surface area contributed by atoms with E-state index in [1.54, 1.807) is 31.0 Å². The predicted molar refractivity (Wildman–Crippen MR) is 167 cm³/mol. The van der Waals surface area contributed by atoms with Crippen LogP contribution in [0.15, 0.2) is 54.6 Å². The molecule has 0 aliphatic carbocycles. The number of halogens is 2. The van der Waals surface area contributed by atoms with Gasteiger partial charge in [0.1, 0.15) is 11.6 Å². The number of carbonyl (C=O) groups excluding carboxylic acids is 2. The van der Waals surface area contributed by atoms with E-state index in [1.807, 2.05) is 12.1 Å². The first-order chi connectivity index (χ1) is 20.5. The van der Waals surface area contributed by atoms with Crippen molar-refractivity contribution in [2.45, 2.75) is 77.9 Å². The molecule has 0 bridgehead atoms. The van der Waals surface area contributed by atoms with E-state index in [1.165, 1.54) is 17.7 Å². The second kappa shape index (κ2) is 16.3. The number of benzene rings is 3. The van der Waals surface area contributed by atoms with Crippen LogP contribution in [0.2, 0.25) is 0 Å². The summed E-state index contributed by atoms with van der Waals surface area (Å²) < 4.78 is 28.5. The molecule has 0 spiro atoms. The van der Waals surface area contributed by atoms with Crippen LogP contribution in [0.1, 0.15) is 94.0 Å². The summed E-state index contributed by atoms with van der Waals surface area (Å²) in [5.41, 5.74) is 9.69. The smallest absolute Gasteiger partial charge is 0.253 e. The van der Waals surface area contributed by atoms with Gasteiger partial charge in [-0.1, -0.05) is 57.4 Å². The molecule has 4 N–H and O–H groups in total. The Hall–Kier alpha value is -3.62. The van der Waals surface area contributed by atoms with Crippen molar-refractivity contribution in [3.63, 3.8) is 0 Å². The maximum Gasteiger partial charge on any atom is 0.253 e. The lowest BCUT2D eigenvalue weighted by atomic mass is 9.80. The maximum absolute atomic E-state index is 14.2. The number of hydrogen-bond acceptors (Lipinski definition) is 4. The number of nitrogens with one attached hydrogen (secondary N) is 1. The summed E-state index contributed by atoms with van der Waals surface area (Å²) in [5.74, 6) is -3.42. The second-order valence-corrected chi connectivity index (χ2v) is 11.4. The summed E-state index contributed by atoms with van der Waals surface area (Å²) in [6.07, 6.45) is 3.71. The third-order valence-corrected chi connectivity index (χ3v) is 7.81. The van der Waals surface area contributed by atoms with Gasteiger partial charge in [-0.15, -0.1) is 0 Å². The van der Waals surface area contributed by atoms with Crippen molar-refractivity contribution in [3.8, 4) is 0 Å². The molecule has 0 saturated heterocycles. The highest BCUT2D eigenvalue weighted by atomic mass is 19.1. The molecule has 0 fully saturated rings. The average molecular weight is 594 g/mol. The van der Waals surface area contributed by atoms with Gasteiger partial charge in [-0.3, -0.25) is 9.59 Å². The Morgan fingerprint density at radius 3 is 2.26 bits per heavy atom. The number of aliphatic hydroxyl groups is 1. The number of hydrogen-bond donors (Lipinski definition) is 3. The molecule has 2 amide bonds. The Labute approximate surface area is 254 Å². The summed E-state index contributed by atoms with van der Waals surface area (Å²) in [7, 11) is 1.71. The van der Waals surface area contributed by atoms with Gasteiger partial charge < -0.3 is 21.1 Å². The summed E-state index contributed by atoms with van der Waals surface area (Å²) in [5, 5.41) is 14.9. The molecule has 6 nitrogen and oxygen atoms in total. The molecule has 0 aliphatic heterocycles. The highest BCUT2D eigenvalue weighted by Gasteiger charge is 2.31. The summed E-state index contributed by atoms with van der Waals surface area (Å²) >= 11 is 0. The van der Waals surface area contributed by atoms with Gasteiger partial charge in [0.2, 0.25) is 5.91 Å². The van der Waals surface area contributed by atoms with Crippen LogP contribution in [-0.4, -0.2) is 48.1 Å². The number of rotatable bonds is 16. The molecule has 43 heavy (non-hydrogen) atoms. The van der Waals surface area contributed by atoms with Crippen LogP contribution >= 0.6 is 0 Å². The standard InChI is InChI=1S/C35H45F2N3O3/c1-5-7-8-9-13-40(4)35(43)31-15-23(3)14-30(34(38)42)33(31)29(19-26-17-27(36)20-28(37)18-26)32(41)22-39-21-25-12-10-11-24(6-2)16-25/h10-12,14-18,20,29,32,39,41H,5-9,13,19,21-22H2,1-4H3,(H2,38,42)/t29-,32+/m1/s1. The third kappa shape index (κ3) is 9.70. The molecule has 0 heterocycles. The Bertz CT molecular complexity index is 1370. The van der Waals surface area contributed by atoms with Crippen LogP contribution in [-0.2, 0) is 19.4 Å². The summed E-state index contributed by atoms with van der Waals surface area (Å²) in [6.45, 7) is 7.08. The molecular weight excluding hydrogens is 548 g/mol. The molecule has 0 saturated carbocycles. The molecule has 0 radical (unpaired) electrons. The zero-order valence-corrected chi connectivity index (χ0v) is 25.8. The maximum atomic E-state index is 14.2. The molecule has 2 atom stereocenters. The number of primary amides is 1. The Morgan fingerprint density at radius 1 is 0.930 bits per heavy atom. The fraction of sp³-hybridized carbons (Fsp3) is 0.429. The minimum Gasteiger partial charge on any atom is -0.391 e. The first-order valence-electron chi connectivity index (χ1n) is 15.1. The second-order valence-electron chi connectivity index (χ2n) is 11.4. The molecule has 8 heteroatoms. The molecule has 3 aromatic carbocycles. The largest absolute Gasteiger partial charge is 0.391 e. The number of nitrogens with two attached hydrogens (primary N) is 1. The van der Waals surface area contributed by atoms with E-state index in [2.05, 4.69) is 31.3 Å². The minimum atomic E-state index is -1.12. The number of carbonyl (C=O) groups is 2. The Morgan fingerprint density at radius 2 is 1.60 bits per heavy atom. The van der Waals surface area contributed by atoms with E-state index >= 15 is 0 Å². The molecule has 232 valence electrons. The zero-order valence-electron chi connectivity index (χ0n) is 25.8. The van der Waals surface area contributed by atoms with E-state index in [9.17, 15) is 23.5 Å². The summed E-state index contributed by atoms with van der Waals surface area (Å²) in [6, 6.07) is 14.6. The first-order valence-corrected chi connectivity index (χ1v) is 15.1. The van der Waals surface area contributed by atoms with Gasteiger partial charge >= 0.3 is 0 Å². The lowest BCUT2D eigenvalue weighted by Gasteiger charge is -2.29. The average Bonchev–Trinajstić information content (AvgIpc) is 2.96. The van der Waals surface area contributed by atoms with E-state index in [0.717, 1.165) is 43.7 Å². The van der Waals surface area contributed by atoms with E-state index in [-0.39, 0.29) is 35.6 Å². The highest BCUT2D eigenvalue weighted by molar-refractivity contribution is 6.02. The molecule has 0 aromatic heterocycles. The minimum absolute atomic E-state index is 0.0211. The van der Waals surface area contributed by atoms with E-state index < -0.39 is 29.6 Å². The topological polar surface area (TPSA) is 95.7 Å². The fourth-order valence-corrected chi connectivity index (χ4v) is 5.54. The van der Waals surface area contributed by atoms with Crippen LogP contribution < -0.4 is 11.1 Å². The van der Waals surface area contributed by atoms with Crippen molar-refractivity contribution in [2.24, 2.45) is 5.73 Å². The first kappa shape index (κ1) is 33.9. The van der Waals surface area contributed by atoms with Gasteiger partial charge in [0.15, 0.2) is 0 Å². The molecule has 3 rings (SSSR count). The lowest BCUT2D eigenvalue weighted by molar-refractivity contribution is 0.0788. The molecular formula is C35H45F2N3O3. The van der Waals surface area contributed by atoms with Gasteiger partial charge in [0.05, 0.1) is 6.10 Å². The molecule has 0 unspecified atom stereocenters. The third-order valence-electron chi connectivity index (χ3n) is 7.81. The number of aryl methyl sites for hydroxylation is 2. The van der Waals surface area contributed by atoms with Crippen LogP contribution in [0.5, 0.6) is 0 Å². The van der Waals surface area contributed by atoms with Crippen LogP contribution in [0, 0.1) is 18.6 Å².